The zero-order valence-electron chi connectivity index (χ0n) is 15.2. The minimum Gasteiger partial charge on any atom is -0.465 e. The van der Waals surface area contributed by atoms with E-state index in [1.54, 1.807) is 0 Å². The number of nitrogens with zero attached hydrogens (tertiary/aromatic N) is 1. The fraction of sp³-hybridized carbons (Fsp3) is 0.941. The van der Waals surface area contributed by atoms with Crippen LogP contribution in [0.5, 0.6) is 0 Å². The van der Waals surface area contributed by atoms with Gasteiger partial charge in [-0.05, 0) is 46.6 Å². The van der Waals surface area contributed by atoms with Gasteiger partial charge in [0.05, 0.1) is 6.61 Å². The summed E-state index contributed by atoms with van der Waals surface area (Å²) in [6.07, 6.45) is 1.96. The summed E-state index contributed by atoms with van der Waals surface area (Å²) in [5.41, 5.74) is -0.604. The number of ether oxygens (including phenoxy) is 1. The zero-order chi connectivity index (χ0) is 16.5. The van der Waals surface area contributed by atoms with E-state index in [0.29, 0.717) is 12.5 Å². The largest absolute Gasteiger partial charge is 0.465 e. The maximum atomic E-state index is 12.3. The van der Waals surface area contributed by atoms with E-state index in [9.17, 15) is 4.79 Å². The Kier molecular flexibility index (Phi) is 9.88. The summed E-state index contributed by atoms with van der Waals surface area (Å²) in [5.74, 6) is 0.551. The number of nitrogens with one attached hydrogen (secondary N) is 1. The van der Waals surface area contributed by atoms with E-state index in [0.717, 1.165) is 26.1 Å². The van der Waals surface area contributed by atoms with Crippen molar-refractivity contribution in [3.8, 4) is 0 Å². The second kappa shape index (κ2) is 10.2. The van der Waals surface area contributed by atoms with Crippen molar-refractivity contribution in [3.63, 3.8) is 0 Å². The minimum absolute atomic E-state index is 0.140. The Morgan fingerprint density at radius 2 is 1.86 bits per heavy atom. The molecule has 0 amide bonds. The summed E-state index contributed by atoms with van der Waals surface area (Å²) in [6, 6.07) is 0.254. The van der Waals surface area contributed by atoms with E-state index >= 15 is 0 Å². The van der Waals surface area contributed by atoms with Gasteiger partial charge < -0.3 is 9.64 Å². The van der Waals surface area contributed by atoms with Crippen LogP contribution < -0.4 is 5.32 Å². The molecule has 0 aromatic carbocycles. The number of esters is 1. The van der Waals surface area contributed by atoms with Gasteiger partial charge in [0.15, 0.2) is 0 Å². The van der Waals surface area contributed by atoms with Crippen LogP contribution in [-0.4, -0.2) is 48.7 Å². The lowest BCUT2D eigenvalue weighted by molar-refractivity contribution is -0.151. The molecule has 0 aromatic heterocycles. The van der Waals surface area contributed by atoms with Gasteiger partial charge in [-0.2, -0.15) is 0 Å². The third kappa shape index (κ3) is 7.82. The lowest BCUT2D eigenvalue weighted by Crippen LogP contribution is -2.54. The molecule has 0 aliphatic heterocycles. The Morgan fingerprint density at radius 3 is 2.29 bits per heavy atom. The van der Waals surface area contributed by atoms with Gasteiger partial charge in [-0.3, -0.25) is 10.1 Å². The molecule has 0 aromatic rings. The lowest BCUT2D eigenvalue weighted by Gasteiger charge is -2.33. The van der Waals surface area contributed by atoms with Crippen molar-refractivity contribution < 1.29 is 9.53 Å². The molecule has 0 rings (SSSR count). The van der Waals surface area contributed by atoms with Crippen molar-refractivity contribution in [1.29, 1.82) is 0 Å². The fourth-order valence-corrected chi connectivity index (χ4v) is 2.49. The zero-order valence-corrected chi connectivity index (χ0v) is 15.2. The van der Waals surface area contributed by atoms with E-state index in [1.807, 2.05) is 13.8 Å². The van der Waals surface area contributed by atoms with Gasteiger partial charge in [0.25, 0.3) is 0 Å². The SMILES string of the molecule is CCOC(=O)C(C)(CCN(CC)CC(C)CC)NC(C)C. The quantitative estimate of drug-likeness (QED) is 0.595. The first-order valence-corrected chi connectivity index (χ1v) is 8.46. The number of carbonyl (C=O) groups is 1. The molecule has 4 heteroatoms. The Balaban J connectivity index is 4.69. The van der Waals surface area contributed by atoms with Crippen LogP contribution in [0.1, 0.15) is 61.3 Å². The highest BCUT2D eigenvalue weighted by Crippen LogP contribution is 2.16. The summed E-state index contributed by atoms with van der Waals surface area (Å²) in [5, 5.41) is 3.39. The average Bonchev–Trinajstić information content (AvgIpc) is 2.42. The highest BCUT2D eigenvalue weighted by Gasteiger charge is 2.35. The van der Waals surface area contributed by atoms with Gasteiger partial charge in [0.2, 0.25) is 0 Å². The predicted octanol–water partition coefficient (Wildman–Crippen LogP) is 3.06. The molecule has 2 atom stereocenters. The van der Waals surface area contributed by atoms with Crippen LogP contribution in [0.25, 0.3) is 0 Å². The number of rotatable bonds is 11. The molecule has 2 unspecified atom stereocenters. The van der Waals surface area contributed by atoms with Crippen LogP contribution in [-0.2, 0) is 9.53 Å². The number of hydrogen-bond donors (Lipinski definition) is 1. The van der Waals surface area contributed by atoms with Crippen LogP contribution in [0, 0.1) is 5.92 Å². The second-order valence-corrected chi connectivity index (χ2v) is 6.51. The van der Waals surface area contributed by atoms with Crippen molar-refractivity contribution >= 4 is 5.97 Å². The lowest BCUT2D eigenvalue weighted by atomic mass is 9.96. The third-order valence-corrected chi connectivity index (χ3v) is 3.98. The molecule has 21 heavy (non-hydrogen) atoms. The summed E-state index contributed by atoms with van der Waals surface area (Å²) < 4.78 is 5.26. The molecule has 0 spiro atoms. The molecule has 126 valence electrons. The van der Waals surface area contributed by atoms with E-state index in [1.165, 1.54) is 6.42 Å². The molecule has 0 aliphatic rings. The fourth-order valence-electron chi connectivity index (χ4n) is 2.49. The summed E-state index contributed by atoms with van der Waals surface area (Å²) in [4.78, 5) is 14.7. The standard InChI is InChI=1S/C17H36N2O2/c1-8-15(6)13-19(9-2)12-11-17(7,18-14(4)5)16(20)21-10-3/h14-15,18H,8-13H2,1-7H3. The van der Waals surface area contributed by atoms with E-state index in [-0.39, 0.29) is 12.0 Å². The van der Waals surface area contributed by atoms with Crippen molar-refractivity contribution in [3.05, 3.63) is 0 Å². The van der Waals surface area contributed by atoms with Gasteiger partial charge in [-0.1, -0.05) is 27.2 Å². The Hall–Kier alpha value is -0.610. The van der Waals surface area contributed by atoms with Crippen molar-refractivity contribution in [2.45, 2.75) is 72.9 Å². The first-order valence-electron chi connectivity index (χ1n) is 8.46. The van der Waals surface area contributed by atoms with E-state index in [2.05, 4.69) is 44.8 Å². The van der Waals surface area contributed by atoms with E-state index in [4.69, 9.17) is 4.74 Å². The Morgan fingerprint density at radius 1 is 1.24 bits per heavy atom. The summed E-state index contributed by atoms with van der Waals surface area (Å²) >= 11 is 0. The summed E-state index contributed by atoms with van der Waals surface area (Å²) in [6.45, 7) is 18.1. The highest BCUT2D eigenvalue weighted by molar-refractivity contribution is 5.80. The van der Waals surface area contributed by atoms with Crippen LogP contribution in [0.4, 0.5) is 0 Å². The van der Waals surface area contributed by atoms with Gasteiger partial charge in [-0.25, -0.2) is 0 Å². The molecule has 0 bridgehead atoms. The highest BCUT2D eigenvalue weighted by atomic mass is 16.5. The van der Waals surface area contributed by atoms with Crippen LogP contribution in [0.2, 0.25) is 0 Å². The predicted molar refractivity (Wildman–Crippen MR) is 89.5 cm³/mol. The van der Waals surface area contributed by atoms with Gasteiger partial charge in [0, 0.05) is 19.1 Å². The Labute approximate surface area is 131 Å². The summed E-state index contributed by atoms with van der Waals surface area (Å²) in [7, 11) is 0. The third-order valence-electron chi connectivity index (χ3n) is 3.98. The van der Waals surface area contributed by atoms with Crippen molar-refractivity contribution in [1.82, 2.24) is 10.2 Å². The molecule has 0 fully saturated rings. The molecular weight excluding hydrogens is 264 g/mol. The average molecular weight is 300 g/mol. The molecule has 0 aliphatic carbocycles. The molecular formula is C17H36N2O2. The van der Waals surface area contributed by atoms with Gasteiger partial charge in [0.1, 0.15) is 5.54 Å². The van der Waals surface area contributed by atoms with Crippen LogP contribution in [0.3, 0.4) is 0 Å². The van der Waals surface area contributed by atoms with Gasteiger partial charge in [-0.15, -0.1) is 0 Å². The first kappa shape index (κ1) is 20.4. The normalized spacial score (nSPS) is 16.0. The molecule has 0 saturated carbocycles. The van der Waals surface area contributed by atoms with E-state index < -0.39 is 5.54 Å². The molecule has 1 N–H and O–H groups in total. The molecule has 0 radical (unpaired) electrons. The Bertz CT molecular complexity index is 295. The van der Waals surface area contributed by atoms with Crippen molar-refractivity contribution in [2.75, 3.05) is 26.2 Å². The monoisotopic (exact) mass is 300 g/mol. The van der Waals surface area contributed by atoms with Gasteiger partial charge >= 0.3 is 5.97 Å². The first-order chi connectivity index (χ1) is 9.78. The van der Waals surface area contributed by atoms with Crippen LogP contribution in [0.15, 0.2) is 0 Å². The topological polar surface area (TPSA) is 41.6 Å². The molecule has 0 heterocycles. The smallest absolute Gasteiger partial charge is 0.326 e. The number of hydrogen-bond acceptors (Lipinski definition) is 4. The molecule has 0 saturated heterocycles. The maximum Gasteiger partial charge on any atom is 0.326 e. The minimum atomic E-state index is -0.604. The van der Waals surface area contributed by atoms with Crippen molar-refractivity contribution in [2.24, 2.45) is 5.92 Å². The maximum absolute atomic E-state index is 12.3. The van der Waals surface area contributed by atoms with Crippen LogP contribution >= 0.6 is 0 Å². The molecule has 4 nitrogen and oxygen atoms in total. The second-order valence-electron chi connectivity index (χ2n) is 6.51. The number of carbonyl (C=O) groups excluding carboxylic acids is 1.